The molecular formula is C49H99NO8P+. The van der Waals surface area contributed by atoms with Crippen molar-refractivity contribution < 1.29 is 42.1 Å². The number of likely N-dealkylation sites (N-methyl/N-ethyl adjacent to an activating group) is 1. The molecule has 9 nitrogen and oxygen atoms in total. The lowest BCUT2D eigenvalue weighted by Gasteiger charge is -2.24. The second-order valence-electron chi connectivity index (χ2n) is 18.6. The van der Waals surface area contributed by atoms with E-state index in [1.807, 2.05) is 21.1 Å². The molecule has 0 aromatic rings. The van der Waals surface area contributed by atoms with Crippen molar-refractivity contribution in [3.05, 3.63) is 0 Å². The Morgan fingerprint density at radius 3 is 1.08 bits per heavy atom. The number of rotatable bonds is 47. The molecule has 0 fully saturated rings. The summed E-state index contributed by atoms with van der Waals surface area (Å²) in [6.07, 6.45) is 44.3. The Kier molecular flexibility index (Phi) is 41.6. The Bertz CT molecular complexity index is 974. The number of esters is 2. The maximum absolute atomic E-state index is 12.7. The van der Waals surface area contributed by atoms with Gasteiger partial charge in [0.15, 0.2) is 6.10 Å². The van der Waals surface area contributed by atoms with Crippen molar-refractivity contribution in [2.45, 2.75) is 258 Å². The normalized spacial score (nSPS) is 13.4. The molecule has 0 rings (SSSR count). The van der Waals surface area contributed by atoms with Gasteiger partial charge < -0.3 is 18.9 Å². The van der Waals surface area contributed by atoms with Gasteiger partial charge in [-0.15, -0.1) is 0 Å². The number of carbonyl (C=O) groups excluding carboxylic acids is 2. The van der Waals surface area contributed by atoms with E-state index in [0.29, 0.717) is 17.4 Å². The van der Waals surface area contributed by atoms with Crippen LogP contribution < -0.4 is 0 Å². The third kappa shape index (κ3) is 46.3. The fourth-order valence-corrected chi connectivity index (χ4v) is 8.17. The highest BCUT2D eigenvalue weighted by Gasteiger charge is 2.27. The number of phosphoric acid groups is 1. The predicted molar refractivity (Wildman–Crippen MR) is 248 cm³/mol. The van der Waals surface area contributed by atoms with Crippen LogP contribution in [-0.2, 0) is 32.7 Å². The Balaban J connectivity index is 4.21. The Hall–Kier alpha value is -0.990. The lowest BCUT2D eigenvalue weighted by molar-refractivity contribution is -0.870. The van der Waals surface area contributed by atoms with Crippen LogP contribution in [0.25, 0.3) is 0 Å². The molecule has 0 saturated heterocycles. The van der Waals surface area contributed by atoms with E-state index in [1.165, 1.54) is 186 Å². The highest BCUT2D eigenvalue weighted by atomic mass is 31.2. The van der Waals surface area contributed by atoms with E-state index in [2.05, 4.69) is 13.8 Å². The van der Waals surface area contributed by atoms with Crippen molar-refractivity contribution >= 4 is 19.8 Å². The second-order valence-corrected chi connectivity index (χ2v) is 20.0. The molecule has 0 saturated carbocycles. The van der Waals surface area contributed by atoms with E-state index in [1.54, 1.807) is 0 Å². The summed E-state index contributed by atoms with van der Waals surface area (Å²) in [7, 11) is 1.50. The van der Waals surface area contributed by atoms with Gasteiger partial charge in [-0.3, -0.25) is 18.6 Å². The molecule has 0 aliphatic rings. The molecule has 0 heterocycles. The molecule has 0 aliphatic carbocycles. The highest BCUT2D eigenvalue weighted by Crippen LogP contribution is 2.43. The molecule has 0 aromatic carbocycles. The van der Waals surface area contributed by atoms with Crippen LogP contribution in [0.5, 0.6) is 0 Å². The van der Waals surface area contributed by atoms with Crippen molar-refractivity contribution in [1.82, 2.24) is 0 Å². The summed E-state index contributed by atoms with van der Waals surface area (Å²) in [4.78, 5) is 35.5. The lowest BCUT2D eigenvalue weighted by Crippen LogP contribution is -2.37. The number of hydrogen-bond donors (Lipinski definition) is 1. The number of ether oxygens (including phenoxy) is 2. The van der Waals surface area contributed by atoms with Crippen molar-refractivity contribution in [3.8, 4) is 0 Å². The van der Waals surface area contributed by atoms with E-state index in [9.17, 15) is 19.0 Å². The molecule has 2 atom stereocenters. The van der Waals surface area contributed by atoms with E-state index in [4.69, 9.17) is 18.5 Å². The van der Waals surface area contributed by atoms with Gasteiger partial charge in [0.2, 0.25) is 0 Å². The molecule has 0 bridgehead atoms. The van der Waals surface area contributed by atoms with Crippen LogP contribution in [0, 0.1) is 0 Å². The van der Waals surface area contributed by atoms with Crippen LogP contribution in [0.1, 0.15) is 251 Å². The maximum Gasteiger partial charge on any atom is 0.472 e. The summed E-state index contributed by atoms with van der Waals surface area (Å²) >= 11 is 0. The summed E-state index contributed by atoms with van der Waals surface area (Å²) in [5.74, 6) is -0.778. The summed E-state index contributed by atoms with van der Waals surface area (Å²) in [5, 5.41) is 0. The van der Waals surface area contributed by atoms with Crippen LogP contribution in [0.15, 0.2) is 0 Å². The molecule has 10 heteroatoms. The van der Waals surface area contributed by atoms with Crippen molar-refractivity contribution in [2.75, 3.05) is 47.5 Å². The fourth-order valence-electron chi connectivity index (χ4n) is 7.43. The summed E-state index contributed by atoms with van der Waals surface area (Å²) in [6, 6.07) is 0. The van der Waals surface area contributed by atoms with Gasteiger partial charge >= 0.3 is 19.8 Å². The second kappa shape index (κ2) is 42.3. The largest absolute Gasteiger partial charge is 0.472 e. The van der Waals surface area contributed by atoms with Gasteiger partial charge in [0.25, 0.3) is 0 Å². The zero-order valence-corrected chi connectivity index (χ0v) is 40.7. The molecule has 0 spiro atoms. The molecule has 0 aromatic heterocycles. The van der Waals surface area contributed by atoms with Crippen LogP contribution >= 0.6 is 7.82 Å². The Labute approximate surface area is 365 Å². The number of quaternary nitrogens is 1. The van der Waals surface area contributed by atoms with Gasteiger partial charge in [-0.05, 0) is 12.8 Å². The van der Waals surface area contributed by atoms with Crippen molar-refractivity contribution in [1.29, 1.82) is 0 Å². The first-order chi connectivity index (χ1) is 28.5. The fraction of sp³-hybridized carbons (Fsp3) is 0.959. The van der Waals surface area contributed by atoms with E-state index < -0.39 is 26.5 Å². The minimum absolute atomic E-state index is 0.0371. The zero-order chi connectivity index (χ0) is 43.6. The summed E-state index contributed by atoms with van der Waals surface area (Å²) < 4.78 is 34.5. The first-order valence-corrected chi connectivity index (χ1v) is 26.8. The van der Waals surface area contributed by atoms with E-state index in [-0.39, 0.29) is 25.6 Å². The quantitative estimate of drug-likeness (QED) is 0.0279. The van der Waals surface area contributed by atoms with Gasteiger partial charge in [-0.2, -0.15) is 0 Å². The van der Waals surface area contributed by atoms with E-state index >= 15 is 0 Å². The third-order valence-electron chi connectivity index (χ3n) is 11.4. The van der Waals surface area contributed by atoms with Gasteiger partial charge in [0.05, 0.1) is 27.7 Å². The van der Waals surface area contributed by atoms with Gasteiger partial charge in [-0.1, -0.05) is 226 Å². The predicted octanol–water partition coefficient (Wildman–Crippen LogP) is 14.8. The van der Waals surface area contributed by atoms with Crippen LogP contribution in [0.3, 0.4) is 0 Å². The lowest BCUT2D eigenvalue weighted by atomic mass is 10.0. The van der Waals surface area contributed by atoms with Crippen molar-refractivity contribution in [2.24, 2.45) is 0 Å². The first-order valence-electron chi connectivity index (χ1n) is 25.3. The molecule has 0 aliphatic heterocycles. The number of carbonyl (C=O) groups is 2. The molecule has 1 N–H and O–H groups in total. The average molecular weight is 861 g/mol. The summed E-state index contributed by atoms with van der Waals surface area (Å²) in [5.41, 5.74) is 0. The van der Waals surface area contributed by atoms with Gasteiger partial charge in [-0.25, -0.2) is 4.57 Å². The van der Waals surface area contributed by atoms with E-state index in [0.717, 1.165) is 38.5 Å². The zero-order valence-electron chi connectivity index (χ0n) is 39.8. The monoisotopic (exact) mass is 861 g/mol. The number of unbranched alkanes of at least 4 members (excludes halogenated alkanes) is 33. The average Bonchev–Trinajstić information content (AvgIpc) is 3.19. The number of nitrogens with zero attached hydrogens (tertiary/aromatic N) is 1. The minimum atomic E-state index is -4.37. The van der Waals surface area contributed by atoms with Crippen LogP contribution in [-0.4, -0.2) is 74.9 Å². The number of hydrogen-bond acceptors (Lipinski definition) is 7. The first kappa shape index (κ1) is 58.0. The minimum Gasteiger partial charge on any atom is -0.462 e. The maximum atomic E-state index is 12.7. The molecule has 0 radical (unpaired) electrons. The summed E-state index contributed by atoms with van der Waals surface area (Å²) in [6.45, 7) is 4.48. The Morgan fingerprint density at radius 2 is 0.763 bits per heavy atom. The third-order valence-corrected chi connectivity index (χ3v) is 12.4. The molecule has 352 valence electrons. The van der Waals surface area contributed by atoms with Crippen LogP contribution in [0.4, 0.5) is 0 Å². The SMILES string of the molecule is CCCCCCCCCCCCCCCCCCCCCC(=O)OC(COC(=O)CCCCCCCCCCCCCCCCCC)COP(=O)(O)OCC[N+](C)(C)C. The topological polar surface area (TPSA) is 108 Å². The van der Waals surface area contributed by atoms with Crippen molar-refractivity contribution in [3.63, 3.8) is 0 Å². The van der Waals surface area contributed by atoms with Gasteiger partial charge in [0.1, 0.15) is 19.8 Å². The highest BCUT2D eigenvalue weighted by molar-refractivity contribution is 7.47. The Morgan fingerprint density at radius 1 is 0.458 bits per heavy atom. The smallest absolute Gasteiger partial charge is 0.462 e. The molecule has 59 heavy (non-hydrogen) atoms. The number of phosphoric ester groups is 1. The standard InChI is InChI=1S/C49H98NO8P/c1-6-8-10-12-14-16-18-20-22-24-25-26-28-30-32-34-36-38-40-42-49(52)58-47(46-57-59(53,54)56-44-43-50(3,4)5)45-55-48(51)41-39-37-35-33-31-29-27-23-21-19-17-15-13-11-9-7-2/h47H,6-46H2,1-5H3/p+1. The van der Waals surface area contributed by atoms with Crippen LogP contribution in [0.2, 0.25) is 0 Å². The molecule has 2 unspecified atom stereocenters. The molecular weight excluding hydrogens is 762 g/mol. The van der Waals surface area contributed by atoms with Gasteiger partial charge in [0, 0.05) is 12.8 Å². The molecule has 0 amide bonds.